The minimum absolute atomic E-state index is 0.134. The van der Waals surface area contributed by atoms with Gasteiger partial charge in [-0.15, -0.1) is 0 Å². The van der Waals surface area contributed by atoms with Crippen molar-refractivity contribution in [3.8, 4) is 0 Å². The van der Waals surface area contributed by atoms with Crippen LogP contribution < -0.4 is 11.1 Å². The highest BCUT2D eigenvalue weighted by Crippen LogP contribution is 2.17. The molecule has 6 heteroatoms. The maximum absolute atomic E-state index is 10.9. The molecule has 88 valence electrons. The van der Waals surface area contributed by atoms with E-state index in [0.29, 0.717) is 5.69 Å². The standard InChI is InChI=1S/C10H14N2O3S/c1-7(10(11)13)8-2-4-9(5-3-8)12-6-16(14)15/h2-5,7,12H,6H2,1H3,(H2,11,13)(H,14,15)/p-1. The van der Waals surface area contributed by atoms with Crippen molar-refractivity contribution in [1.29, 1.82) is 0 Å². The normalized spacial score (nSPS) is 14.1. The van der Waals surface area contributed by atoms with E-state index in [2.05, 4.69) is 5.32 Å². The Bertz CT molecular complexity index is 392. The van der Waals surface area contributed by atoms with E-state index in [1.54, 1.807) is 31.2 Å². The molecule has 1 rings (SSSR count). The van der Waals surface area contributed by atoms with Crippen LogP contribution in [0, 0.1) is 0 Å². The Hall–Kier alpha value is -1.40. The summed E-state index contributed by atoms with van der Waals surface area (Å²) >= 11 is -2.12. The topological polar surface area (TPSA) is 95.2 Å². The molecule has 1 aromatic rings. The van der Waals surface area contributed by atoms with Crippen LogP contribution in [0.5, 0.6) is 0 Å². The molecule has 0 aromatic heterocycles. The average Bonchev–Trinajstić information content (AvgIpc) is 2.26. The molecule has 3 N–H and O–H groups in total. The number of hydrogen-bond acceptors (Lipinski definition) is 4. The molecular weight excluding hydrogens is 228 g/mol. The van der Waals surface area contributed by atoms with Gasteiger partial charge < -0.3 is 15.6 Å². The molecule has 1 aromatic carbocycles. The third kappa shape index (κ3) is 3.63. The van der Waals surface area contributed by atoms with Crippen molar-refractivity contribution >= 4 is 22.7 Å². The first-order valence-electron chi connectivity index (χ1n) is 4.69. The molecule has 0 heterocycles. The highest BCUT2D eigenvalue weighted by atomic mass is 32.2. The van der Waals surface area contributed by atoms with Crippen LogP contribution in [0.15, 0.2) is 24.3 Å². The summed E-state index contributed by atoms with van der Waals surface area (Å²) in [5, 5.41) is 2.71. The molecule has 0 spiro atoms. The van der Waals surface area contributed by atoms with Crippen molar-refractivity contribution in [3.05, 3.63) is 29.8 Å². The molecule has 16 heavy (non-hydrogen) atoms. The van der Waals surface area contributed by atoms with Gasteiger partial charge in [0.1, 0.15) is 0 Å². The van der Waals surface area contributed by atoms with Crippen molar-refractivity contribution in [2.45, 2.75) is 12.8 Å². The van der Waals surface area contributed by atoms with E-state index < -0.39 is 11.1 Å². The SMILES string of the molecule is CC(C(N)=O)c1ccc(NCS(=O)[O-])cc1. The number of nitrogens with one attached hydrogen (secondary N) is 1. The second-order valence-electron chi connectivity index (χ2n) is 3.37. The molecule has 0 bridgehead atoms. The summed E-state index contributed by atoms with van der Waals surface area (Å²) in [6, 6.07) is 6.90. The van der Waals surface area contributed by atoms with Gasteiger partial charge in [-0.05, 0) is 35.7 Å². The van der Waals surface area contributed by atoms with E-state index in [9.17, 15) is 13.6 Å². The van der Waals surface area contributed by atoms with Crippen LogP contribution >= 0.6 is 0 Å². The zero-order valence-corrected chi connectivity index (χ0v) is 9.62. The summed E-state index contributed by atoms with van der Waals surface area (Å²) in [6.07, 6.45) is 0. The highest BCUT2D eigenvalue weighted by molar-refractivity contribution is 7.79. The Morgan fingerprint density at radius 1 is 1.50 bits per heavy atom. The Kier molecular flexibility index (Phi) is 4.45. The lowest BCUT2D eigenvalue weighted by Gasteiger charge is -2.11. The number of nitrogens with two attached hydrogens (primary N) is 1. The summed E-state index contributed by atoms with van der Waals surface area (Å²) in [5.74, 6) is -0.867. The highest BCUT2D eigenvalue weighted by Gasteiger charge is 2.10. The molecular formula is C10H13N2O3S-. The van der Waals surface area contributed by atoms with E-state index in [0.717, 1.165) is 5.56 Å². The minimum Gasteiger partial charge on any atom is -0.771 e. The van der Waals surface area contributed by atoms with Crippen LogP contribution in [-0.2, 0) is 15.9 Å². The fourth-order valence-corrected chi connectivity index (χ4v) is 1.48. The van der Waals surface area contributed by atoms with Gasteiger partial charge >= 0.3 is 0 Å². The van der Waals surface area contributed by atoms with Crippen molar-refractivity contribution < 1.29 is 13.6 Å². The summed E-state index contributed by atoms with van der Waals surface area (Å²) in [5.41, 5.74) is 6.66. The van der Waals surface area contributed by atoms with Crippen molar-refractivity contribution in [1.82, 2.24) is 0 Å². The lowest BCUT2D eigenvalue weighted by Crippen LogP contribution is -2.18. The number of carbonyl (C=O) groups excluding carboxylic acids is 1. The summed E-state index contributed by atoms with van der Waals surface area (Å²) in [7, 11) is 0. The number of benzene rings is 1. The van der Waals surface area contributed by atoms with Gasteiger partial charge in [0.2, 0.25) is 5.91 Å². The average molecular weight is 241 g/mol. The fraction of sp³-hybridized carbons (Fsp3) is 0.300. The van der Waals surface area contributed by atoms with Gasteiger partial charge in [0.15, 0.2) is 0 Å². The second kappa shape index (κ2) is 5.62. The maximum atomic E-state index is 10.9. The van der Waals surface area contributed by atoms with Gasteiger partial charge in [0.05, 0.1) is 11.8 Å². The summed E-state index contributed by atoms with van der Waals surface area (Å²) in [6.45, 7) is 1.72. The van der Waals surface area contributed by atoms with E-state index in [4.69, 9.17) is 5.73 Å². The molecule has 2 unspecified atom stereocenters. The largest absolute Gasteiger partial charge is 0.771 e. The molecule has 0 aliphatic heterocycles. The Morgan fingerprint density at radius 3 is 2.50 bits per heavy atom. The first-order chi connectivity index (χ1) is 7.50. The number of rotatable bonds is 5. The molecule has 0 aliphatic carbocycles. The molecule has 0 radical (unpaired) electrons. The zero-order valence-electron chi connectivity index (χ0n) is 8.80. The summed E-state index contributed by atoms with van der Waals surface area (Å²) < 4.78 is 20.6. The van der Waals surface area contributed by atoms with E-state index in [1.807, 2.05) is 0 Å². The quantitative estimate of drug-likeness (QED) is 0.735. The molecule has 0 saturated heterocycles. The first-order valence-corrected chi connectivity index (χ1v) is 5.94. The monoisotopic (exact) mass is 241 g/mol. The van der Waals surface area contributed by atoms with Crippen LogP contribution in [0.2, 0.25) is 0 Å². The van der Waals surface area contributed by atoms with E-state index in [-0.39, 0.29) is 17.7 Å². The molecule has 0 aliphatic rings. The lowest BCUT2D eigenvalue weighted by molar-refractivity contribution is -0.119. The van der Waals surface area contributed by atoms with Crippen LogP contribution in [0.1, 0.15) is 18.4 Å². The smallest absolute Gasteiger partial charge is 0.224 e. The Morgan fingerprint density at radius 2 is 2.06 bits per heavy atom. The Balaban J connectivity index is 2.67. The number of anilines is 1. The van der Waals surface area contributed by atoms with Gasteiger partial charge in [-0.1, -0.05) is 12.1 Å². The van der Waals surface area contributed by atoms with Crippen LogP contribution in [0.4, 0.5) is 5.69 Å². The van der Waals surface area contributed by atoms with E-state index >= 15 is 0 Å². The van der Waals surface area contributed by atoms with Crippen molar-refractivity contribution in [2.75, 3.05) is 11.2 Å². The van der Waals surface area contributed by atoms with Gasteiger partial charge in [0.25, 0.3) is 0 Å². The van der Waals surface area contributed by atoms with Crippen LogP contribution in [0.3, 0.4) is 0 Å². The molecule has 0 fully saturated rings. The second-order valence-corrected chi connectivity index (χ2v) is 4.27. The van der Waals surface area contributed by atoms with Gasteiger partial charge in [-0.2, -0.15) is 0 Å². The number of primary amides is 1. The van der Waals surface area contributed by atoms with Crippen LogP contribution in [-0.4, -0.2) is 20.5 Å². The first kappa shape index (κ1) is 12.7. The lowest BCUT2D eigenvalue weighted by atomic mass is 10.0. The molecule has 5 nitrogen and oxygen atoms in total. The molecule has 0 saturated carbocycles. The summed E-state index contributed by atoms with van der Waals surface area (Å²) in [4.78, 5) is 10.9. The molecule has 2 atom stereocenters. The van der Waals surface area contributed by atoms with Gasteiger partial charge in [0, 0.05) is 5.69 Å². The zero-order chi connectivity index (χ0) is 12.1. The fourth-order valence-electron chi connectivity index (χ4n) is 1.20. The minimum atomic E-state index is -2.12. The number of carbonyl (C=O) groups is 1. The Labute approximate surface area is 96.3 Å². The van der Waals surface area contributed by atoms with Crippen molar-refractivity contribution in [2.24, 2.45) is 5.73 Å². The van der Waals surface area contributed by atoms with Gasteiger partial charge in [-0.25, -0.2) is 0 Å². The predicted molar refractivity (Wildman–Crippen MR) is 61.5 cm³/mol. The third-order valence-electron chi connectivity index (χ3n) is 2.23. The number of amides is 1. The van der Waals surface area contributed by atoms with E-state index in [1.165, 1.54) is 0 Å². The van der Waals surface area contributed by atoms with Gasteiger partial charge in [-0.3, -0.25) is 9.00 Å². The predicted octanol–water partition coefficient (Wildman–Crippen LogP) is 0.524. The van der Waals surface area contributed by atoms with Crippen LogP contribution in [0.25, 0.3) is 0 Å². The maximum Gasteiger partial charge on any atom is 0.224 e. The third-order valence-corrected chi connectivity index (χ3v) is 2.61. The number of hydrogen-bond donors (Lipinski definition) is 2. The molecule has 1 amide bonds. The van der Waals surface area contributed by atoms with Crippen molar-refractivity contribution in [3.63, 3.8) is 0 Å².